The normalized spacial score (nSPS) is 19.7. The summed E-state index contributed by atoms with van der Waals surface area (Å²) in [5, 5.41) is 10.5. The molecule has 0 aliphatic carbocycles. The van der Waals surface area contributed by atoms with Crippen LogP contribution in [-0.2, 0) is 6.42 Å². The number of aryl methyl sites for hydroxylation is 2. The number of rotatable bonds is 7. The van der Waals surface area contributed by atoms with Crippen molar-refractivity contribution in [3.8, 4) is 0 Å². The molecule has 0 amide bonds. The molecule has 4 rings (SSSR count). The first-order chi connectivity index (χ1) is 15.3. The molecule has 1 aromatic heterocycles. The van der Waals surface area contributed by atoms with Crippen LogP contribution in [0.2, 0.25) is 0 Å². The van der Waals surface area contributed by atoms with Gasteiger partial charge in [-0.3, -0.25) is 0 Å². The molecule has 3 aromatic rings. The maximum atomic E-state index is 12.8. The molecule has 1 aliphatic heterocycles. The highest BCUT2D eigenvalue weighted by atomic mass is 19.3. The number of carboxylic acid groups (broad SMARTS) is 1. The second-order valence-corrected chi connectivity index (χ2v) is 9.02. The first kappa shape index (κ1) is 22.5. The fourth-order valence-electron chi connectivity index (χ4n) is 5.22. The molecule has 2 aromatic carbocycles. The summed E-state index contributed by atoms with van der Waals surface area (Å²) in [6.45, 7) is 6.18. The molecular formula is C26H30F2N2O2. The smallest absolute Gasteiger partial charge is 0.335 e. The van der Waals surface area contributed by atoms with Gasteiger partial charge in [0.2, 0.25) is 6.43 Å². The van der Waals surface area contributed by atoms with E-state index in [2.05, 4.69) is 35.9 Å². The average molecular weight is 441 g/mol. The molecule has 0 radical (unpaired) electrons. The van der Waals surface area contributed by atoms with Crippen molar-refractivity contribution in [2.75, 3.05) is 19.6 Å². The zero-order valence-electron chi connectivity index (χ0n) is 18.6. The van der Waals surface area contributed by atoms with E-state index in [0.29, 0.717) is 19.0 Å². The standard InChI is InChI=1S/C26H30F2N2O2/c1-16-13-17(2)25-21(7-10-29-25)22(16)14-20-8-11-30(12-9-24(27)28)15-23(20)18-3-5-19(6-4-18)26(31)32/h3-7,10,13,20,23-24,29H,8-9,11-12,14-15H2,1-2H3,(H,31,32)/t20-,23-/m0/s1. The number of carboxylic acids is 1. The SMILES string of the molecule is Cc1cc(C)c2[nH]ccc2c1C[C@@H]1CCN(CCC(F)F)C[C@H]1c1ccc(C(=O)O)cc1. The Balaban J connectivity index is 1.63. The predicted octanol–water partition coefficient (Wildman–Crippen LogP) is 5.79. The Kier molecular flexibility index (Phi) is 6.60. The molecule has 32 heavy (non-hydrogen) atoms. The Morgan fingerprint density at radius 3 is 2.62 bits per heavy atom. The van der Waals surface area contributed by atoms with Crippen molar-refractivity contribution in [1.82, 2.24) is 9.88 Å². The lowest BCUT2D eigenvalue weighted by molar-refractivity contribution is 0.0697. The van der Waals surface area contributed by atoms with Crippen LogP contribution in [0, 0.1) is 19.8 Å². The van der Waals surface area contributed by atoms with Gasteiger partial charge >= 0.3 is 5.97 Å². The Bertz CT molecular complexity index is 1090. The molecule has 170 valence electrons. The molecule has 2 N–H and O–H groups in total. The van der Waals surface area contributed by atoms with Crippen LogP contribution in [0.5, 0.6) is 0 Å². The van der Waals surface area contributed by atoms with Gasteiger partial charge in [0.1, 0.15) is 0 Å². The number of alkyl halides is 2. The number of benzene rings is 2. The van der Waals surface area contributed by atoms with Gasteiger partial charge in [0, 0.05) is 36.6 Å². The number of hydrogen-bond acceptors (Lipinski definition) is 2. The summed E-state index contributed by atoms with van der Waals surface area (Å²) >= 11 is 0. The van der Waals surface area contributed by atoms with Gasteiger partial charge in [-0.05, 0) is 85.5 Å². The third-order valence-electron chi connectivity index (χ3n) is 6.93. The molecule has 0 saturated carbocycles. The van der Waals surface area contributed by atoms with Crippen molar-refractivity contribution < 1.29 is 18.7 Å². The van der Waals surface area contributed by atoms with Crippen LogP contribution in [0.1, 0.15) is 51.4 Å². The lowest BCUT2D eigenvalue weighted by Gasteiger charge is -2.39. The highest BCUT2D eigenvalue weighted by Crippen LogP contribution is 2.37. The minimum Gasteiger partial charge on any atom is -0.478 e. The van der Waals surface area contributed by atoms with E-state index in [1.54, 1.807) is 12.1 Å². The molecule has 2 atom stereocenters. The van der Waals surface area contributed by atoms with E-state index in [-0.39, 0.29) is 17.9 Å². The molecule has 2 heterocycles. The Labute approximate surface area is 187 Å². The highest BCUT2D eigenvalue weighted by Gasteiger charge is 2.31. The number of likely N-dealkylation sites (tertiary alicyclic amines) is 1. The van der Waals surface area contributed by atoms with Crippen molar-refractivity contribution in [2.24, 2.45) is 5.92 Å². The number of piperidine rings is 1. The van der Waals surface area contributed by atoms with E-state index in [1.807, 2.05) is 18.3 Å². The number of hydrogen-bond donors (Lipinski definition) is 2. The van der Waals surface area contributed by atoms with Crippen molar-refractivity contribution >= 4 is 16.9 Å². The molecule has 6 heteroatoms. The fraction of sp³-hybridized carbons (Fsp3) is 0.423. The van der Waals surface area contributed by atoms with Crippen molar-refractivity contribution in [3.63, 3.8) is 0 Å². The van der Waals surface area contributed by atoms with Gasteiger partial charge < -0.3 is 15.0 Å². The lowest BCUT2D eigenvalue weighted by atomic mass is 9.76. The summed E-state index contributed by atoms with van der Waals surface area (Å²) in [5.41, 5.74) is 6.35. The largest absolute Gasteiger partial charge is 0.478 e. The Morgan fingerprint density at radius 2 is 1.94 bits per heavy atom. The van der Waals surface area contributed by atoms with Crippen LogP contribution in [0.15, 0.2) is 42.6 Å². The summed E-state index contributed by atoms with van der Waals surface area (Å²) in [5.74, 6) is -0.424. The summed E-state index contributed by atoms with van der Waals surface area (Å²) in [6.07, 6.45) is 1.41. The number of H-pyrrole nitrogens is 1. The molecule has 1 fully saturated rings. The number of fused-ring (bicyclic) bond motifs is 1. The quantitative estimate of drug-likeness (QED) is 0.489. The summed E-state index contributed by atoms with van der Waals surface area (Å²) in [7, 11) is 0. The van der Waals surface area contributed by atoms with Crippen LogP contribution in [-0.4, -0.2) is 47.0 Å². The third-order valence-corrected chi connectivity index (χ3v) is 6.93. The van der Waals surface area contributed by atoms with E-state index in [9.17, 15) is 18.7 Å². The van der Waals surface area contributed by atoms with E-state index in [0.717, 1.165) is 24.9 Å². The number of nitrogens with zero attached hydrogens (tertiary/aromatic N) is 1. The topological polar surface area (TPSA) is 56.3 Å². The molecule has 0 unspecified atom stereocenters. The monoisotopic (exact) mass is 440 g/mol. The molecule has 1 saturated heterocycles. The molecular weight excluding hydrogens is 410 g/mol. The molecule has 0 bridgehead atoms. The van der Waals surface area contributed by atoms with Gasteiger partial charge in [-0.25, -0.2) is 13.6 Å². The minimum atomic E-state index is -2.29. The fourth-order valence-corrected chi connectivity index (χ4v) is 5.22. The zero-order chi connectivity index (χ0) is 22.8. The maximum Gasteiger partial charge on any atom is 0.335 e. The zero-order valence-corrected chi connectivity index (χ0v) is 18.6. The van der Waals surface area contributed by atoms with E-state index < -0.39 is 12.4 Å². The number of aromatic nitrogens is 1. The van der Waals surface area contributed by atoms with Crippen molar-refractivity contribution in [3.05, 3.63) is 70.4 Å². The Hall–Kier alpha value is -2.73. The van der Waals surface area contributed by atoms with Gasteiger partial charge in [-0.15, -0.1) is 0 Å². The van der Waals surface area contributed by atoms with Gasteiger partial charge in [0.25, 0.3) is 0 Å². The predicted molar refractivity (Wildman–Crippen MR) is 123 cm³/mol. The van der Waals surface area contributed by atoms with E-state index in [1.165, 1.54) is 27.6 Å². The van der Waals surface area contributed by atoms with Gasteiger partial charge in [0.15, 0.2) is 0 Å². The summed E-state index contributed by atoms with van der Waals surface area (Å²) in [4.78, 5) is 16.8. The van der Waals surface area contributed by atoms with Crippen LogP contribution < -0.4 is 0 Å². The number of halogens is 2. The number of aromatic carboxylic acids is 1. The second-order valence-electron chi connectivity index (χ2n) is 9.02. The number of aromatic amines is 1. The number of nitrogens with one attached hydrogen (secondary N) is 1. The molecule has 1 aliphatic rings. The lowest BCUT2D eigenvalue weighted by Crippen LogP contribution is -2.41. The average Bonchev–Trinajstić information content (AvgIpc) is 3.26. The van der Waals surface area contributed by atoms with Crippen LogP contribution in [0.3, 0.4) is 0 Å². The summed E-state index contributed by atoms with van der Waals surface area (Å²) < 4.78 is 25.6. The molecule has 0 spiro atoms. The minimum absolute atomic E-state index is 0.115. The van der Waals surface area contributed by atoms with E-state index >= 15 is 0 Å². The second kappa shape index (κ2) is 9.41. The number of carbonyl (C=O) groups is 1. The van der Waals surface area contributed by atoms with Crippen molar-refractivity contribution in [2.45, 2.75) is 45.5 Å². The van der Waals surface area contributed by atoms with Gasteiger partial charge in [0.05, 0.1) is 5.56 Å². The molecule has 4 nitrogen and oxygen atoms in total. The maximum absolute atomic E-state index is 12.8. The Morgan fingerprint density at radius 1 is 1.19 bits per heavy atom. The summed E-state index contributed by atoms with van der Waals surface area (Å²) in [6, 6.07) is 11.4. The van der Waals surface area contributed by atoms with Crippen LogP contribution in [0.25, 0.3) is 10.9 Å². The highest BCUT2D eigenvalue weighted by molar-refractivity contribution is 5.88. The van der Waals surface area contributed by atoms with Crippen LogP contribution >= 0.6 is 0 Å². The first-order valence-corrected chi connectivity index (χ1v) is 11.2. The third kappa shape index (κ3) is 4.70. The van der Waals surface area contributed by atoms with Crippen molar-refractivity contribution in [1.29, 1.82) is 0 Å². The first-order valence-electron chi connectivity index (χ1n) is 11.2. The van der Waals surface area contributed by atoms with Gasteiger partial charge in [-0.1, -0.05) is 18.2 Å². The van der Waals surface area contributed by atoms with Gasteiger partial charge in [-0.2, -0.15) is 0 Å². The van der Waals surface area contributed by atoms with E-state index in [4.69, 9.17) is 0 Å². The van der Waals surface area contributed by atoms with Crippen LogP contribution in [0.4, 0.5) is 8.78 Å².